The van der Waals surface area contributed by atoms with Gasteiger partial charge in [-0.2, -0.15) is 0 Å². The van der Waals surface area contributed by atoms with E-state index in [-0.39, 0.29) is 0 Å². The summed E-state index contributed by atoms with van der Waals surface area (Å²) >= 11 is 0. The maximum Gasteiger partial charge on any atom is 0.00699 e. The third-order valence-corrected chi connectivity index (χ3v) is 2.50. The molecular weight excluding hydrogens is 134 g/mol. The molecule has 1 nitrogen and oxygen atoms in total. The third-order valence-electron chi connectivity index (χ3n) is 2.50. The minimum absolute atomic E-state index is 0.778. The van der Waals surface area contributed by atoms with Crippen molar-refractivity contribution in [2.24, 2.45) is 0 Å². The van der Waals surface area contributed by atoms with Gasteiger partial charge in [-0.05, 0) is 46.2 Å². The molecule has 0 aromatic heterocycles. The Morgan fingerprint density at radius 3 is 2.55 bits per heavy atom. The molecule has 1 fully saturated rings. The van der Waals surface area contributed by atoms with Gasteiger partial charge in [0.15, 0.2) is 0 Å². The van der Waals surface area contributed by atoms with E-state index in [1.165, 1.54) is 37.9 Å². The van der Waals surface area contributed by atoms with E-state index in [9.17, 15) is 0 Å². The van der Waals surface area contributed by atoms with Gasteiger partial charge in [0.05, 0.1) is 0 Å². The lowest BCUT2D eigenvalue weighted by Crippen LogP contribution is -2.43. The van der Waals surface area contributed by atoms with Crippen LogP contribution in [0, 0.1) is 0 Å². The van der Waals surface area contributed by atoms with Crippen LogP contribution in [-0.2, 0) is 0 Å². The fraction of sp³-hybridized carbons (Fsp3) is 0.800. The predicted octanol–water partition coefficient (Wildman–Crippen LogP) is 2.44. The van der Waals surface area contributed by atoms with Gasteiger partial charge in [0.1, 0.15) is 0 Å². The van der Waals surface area contributed by atoms with E-state index >= 15 is 0 Å². The predicted molar refractivity (Wildman–Crippen MR) is 49.7 cm³/mol. The van der Waals surface area contributed by atoms with Crippen molar-refractivity contribution < 1.29 is 0 Å². The summed E-state index contributed by atoms with van der Waals surface area (Å²) < 4.78 is 0. The Labute approximate surface area is 70.1 Å². The zero-order valence-corrected chi connectivity index (χ0v) is 7.77. The van der Waals surface area contributed by atoms with Crippen molar-refractivity contribution in [1.82, 2.24) is 4.90 Å². The highest BCUT2D eigenvalue weighted by Gasteiger charge is 2.19. The van der Waals surface area contributed by atoms with Crippen LogP contribution in [-0.4, -0.2) is 24.0 Å². The lowest BCUT2D eigenvalue weighted by atomic mass is 10.0. The van der Waals surface area contributed by atoms with Gasteiger partial charge >= 0.3 is 0 Å². The number of hydrogen-bond acceptors (Lipinski definition) is 1. The van der Waals surface area contributed by atoms with Crippen LogP contribution in [0.1, 0.15) is 33.1 Å². The minimum atomic E-state index is 0.778. The summed E-state index contributed by atoms with van der Waals surface area (Å²) in [5.74, 6) is 0. The van der Waals surface area contributed by atoms with Crippen LogP contribution < -0.4 is 0 Å². The average Bonchev–Trinajstić information content (AvgIpc) is 1.79. The maximum atomic E-state index is 3.91. The summed E-state index contributed by atoms with van der Waals surface area (Å²) in [6.07, 6.45) is 3.88. The Morgan fingerprint density at radius 2 is 2.18 bits per heavy atom. The summed E-state index contributed by atoms with van der Waals surface area (Å²) in [6.45, 7) is 11.0. The topological polar surface area (TPSA) is 3.24 Å². The Balaban J connectivity index is 2.09. The lowest BCUT2D eigenvalue weighted by molar-refractivity contribution is 0.122. The van der Waals surface area contributed by atoms with Crippen LogP contribution in [0.3, 0.4) is 0 Å². The first-order valence-electron chi connectivity index (χ1n) is 4.58. The molecule has 11 heavy (non-hydrogen) atoms. The number of nitrogens with zero attached hydrogens (tertiary/aromatic N) is 1. The van der Waals surface area contributed by atoms with Gasteiger partial charge in [-0.15, -0.1) is 6.58 Å². The minimum Gasteiger partial charge on any atom is -0.301 e. The van der Waals surface area contributed by atoms with Crippen molar-refractivity contribution in [3.05, 3.63) is 12.2 Å². The van der Waals surface area contributed by atoms with Crippen LogP contribution >= 0.6 is 0 Å². The lowest BCUT2D eigenvalue weighted by Gasteiger charge is -2.36. The molecule has 0 bridgehead atoms. The van der Waals surface area contributed by atoms with Crippen LogP contribution in [0.2, 0.25) is 0 Å². The van der Waals surface area contributed by atoms with Gasteiger partial charge in [0.25, 0.3) is 0 Å². The second-order valence-corrected chi connectivity index (χ2v) is 3.73. The van der Waals surface area contributed by atoms with E-state index in [1.54, 1.807) is 0 Å². The summed E-state index contributed by atoms with van der Waals surface area (Å²) in [5, 5.41) is 0. The number of likely N-dealkylation sites (tertiary alicyclic amines) is 1. The SMILES string of the molecule is C=C(C)CCC(C)N1CCC1. The first kappa shape index (κ1) is 8.79. The molecule has 1 aliphatic rings. The molecule has 0 saturated carbocycles. The van der Waals surface area contributed by atoms with E-state index in [0.717, 1.165) is 6.04 Å². The molecular formula is C10H19N. The largest absolute Gasteiger partial charge is 0.301 e. The van der Waals surface area contributed by atoms with Crippen LogP contribution in [0.5, 0.6) is 0 Å². The van der Waals surface area contributed by atoms with Crippen molar-refractivity contribution in [3.8, 4) is 0 Å². The van der Waals surface area contributed by atoms with Crippen LogP contribution in [0.4, 0.5) is 0 Å². The molecule has 1 heteroatoms. The standard InChI is InChI=1S/C10H19N/c1-9(2)5-6-10(3)11-7-4-8-11/h10H,1,4-8H2,2-3H3. The van der Waals surface area contributed by atoms with Crippen LogP contribution in [0.25, 0.3) is 0 Å². The van der Waals surface area contributed by atoms with Gasteiger partial charge < -0.3 is 4.90 Å². The Kier molecular flexibility index (Phi) is 3.13. The summed E-state index contributed by atoms with van der Waals surface area (Å²) in [7, 11) is 0. The molecule has 1 saturated heterocycles. The van der Waals surface area contributed by atoms with Crippen molar-refractivity contribution in [1.29, 1.82) is 0 Å². The Bertz CT molecular complexity index is 136. The van der Waals surface area contributed by atoms with E-state index in [2.05, 4.69) is 25.3 Å². The molecule has 0 N–H and O–H groups in total. The molecule has 1 heterocycles. The number of rotatable bonds is 4. The first-order chi connectivity index (χ1) is 5.20. The maximum absolute atomic E-state index is 3.91. The molecule has 0 aromatic carbocycles. The Morgan fingerprint density at radius 1 is 1.55 bits per heavy atom. The van der Waals surface area contributed by atoms with E-state index in [4.69, 9.17) is 0 Å². The molecule has 1 unspecified atom stereocenters. The molecule has 0 radical (unpaired) electrons. The summed E-state index contributed by atoms with van der Waals surface area (Å²) in [5.41, 5.74) is 1.32. The van der Waals surface area contributed by atoms with Crippen LogP contribution in [0.15, 0.2) is 12.2 Å². The third kappa shape index (κ3) is 2.66. The highest BCUT2D eigenvalue weighted by atomic mass is 15.2. The second-order valence-electron chi connectivity index (χ2n) is 3.73. The van der Waals surface area contributed by atoms with Crippen molar-refractivity contribution in [3.63, 3.8) is 0 Å². The fourth-order valence-corrected chi connectivity index (χ4v) is 1.42. The summed E-state index contributed by atoms with van der Waals surface area (Å²) in [6, 6.07) is 0.778. The monoisotopic (exact) mass is 153 g/mol. The molecule has 0 aromatic rings. The Hall–Kier alpha value is -0.300. The van der Waals surface area contributed by atoms with Gasteiger partial charge in [0.2, 0.25) is 0 Å². The van der Waals surface area contributed by atoms with Crippen molar-refractivity contribution in [2.45, 2.75) is 39.2 Å². The molecule has 1 aliphatic heterocycles. The highest BCUT2D eigenvalue weighted by molar-refractivity contribution is 4.89. The second kappa shape index (κ2) is 3.91. The zero-order chi connectivity index (χ0) is 8.27. The highest BCUT2D eigenvalue weighted by Crippen LogP contribution is 2.16. The van der Waals surface area contributed by atoms with Gasteiger partial charge in [-0.3, -0.25) is 0 Å². The fourth-order valence-electron chi connectivity index (χ4n) is 1.42. The molecule has 64 valence electrons. The quantitative estimate of drug-likeness (QED) is 0.561. The molecule has 0 spiro atoms. The molecule has 1 rings (SSSR count). The normalized spacial score (nSPS) is 20.9. The van der Waals surface area contributed by atoms with E-state index in [1.807, 2.05) is 0 Å². The molecule has 1 atom stereocenters. The molecule has 0 aliphatic carbocycles. The van der Waals surface area contributed by atoms with Gasteiger partial charge in [-0.25, -0.2) is 0 Å². The molecule has 0 amide bonds. The van der Waals surface area contributed by atoms with Gasteiger partial charge in [0, 0.05) is 6.04 Å². The first-order valence-corrected chi connectivity index (χ1v) is 4.58. The van der Waals surface area contributed by atoms with Crippen molar-refractivity contribution in [2.75, 3.05) is 13.1 Å². The smallest absolute Gasteiger partial charge is 0.00699 e. The van der Waals surface area contributed by atoms with Gasteiger partial charge in [-0.1, -0.05) is 5.57 Å². The van der Waals surface area contributed by atoms with E-state index < -0.39 is 0 Å². The van der Waals surface area contributed by atoms with Crippen molar-refractivity contribution >= 4 is 0 Å². The zero-order valence-electron chi connectivity index (χ0n) is 7.77. The summed E-state index contributed by atoms with van der Waals surface area (Å²) in [4.78, 5) is 2.54. The number of hydrogen-bond donors (Lipinski definition) is 0. The van der Waals surface area contributed by atoms with E-state index in [0.29, 0.717) is 0 Å². The average molecular weight is 153 g/mol. The number of allylic oxidation sites excluding steroid dienone is 1.